The molecule has 0 saturated heterocycles. The molecule has 10 aromatic rings. The molecule has 0 N–H and O–H groups in total. The minimum absolute atomic E-state index is 0.607. The number of thiophene rings is 1. The minimum Gasteiger partial charge on any atom is -0.456 e. The van der Waals surface area contributed by atoms with Crippen LogP contribution in [-0.2, 0) is 0 Å². The summed E-state index contributed by atoms with van der Waals surface area (Å²) in [7, 11) is 0. The number of hydrogen-bond acceptors (Lipinski definition) is 5. The van der Waals surface area contributed by atoms with E-state index in [1.165, 1.54) is 31.3 Å². The Labute approximate surface area is 292 Å². The van der Waals surface area contributed by atoms with Gasteiger partial charge >= 0.3 is 0 Å². The highest BCUT2D eigenvalue weighted by Gasteiger charge is 2.18. The molecule has 0 unspecified atom stereocenters. The molecular weight excluding hydrogens is 631 g/mol. The monoisotopic (exact) mass is 657 g/mol. The zero-order valence-electron chi connectivity index (χ0n) is 26.7. The molecule has 0 fully saturated rings. The van der Waals surface area contributed by atoms with Crippen LogP contribution in [0.5, 0.6) is 0 Å². The standard InChI is InChI=1S/C45H27N3OS/c1-3-11-28(12-4-1)43-46-44(29-13-5-2-6-14-29)48-45(47-43)36-18-10-19-39-42(36)37-26-32(22-24-38(37)49-39)30-15-9-16-31(25-30)33-21-23-35-34-17-7-8-20-40(34)50-41(35)27-33/h1-27H. The van der Waals surface area contributed by atoms with Gasteiger partial charge in [-0.1, -0.05) is 127 Å². The van der Waals surface area contributed by atoms with Crippen molar-refractivity contribution in [1.29, 1.82) is 0 Å². The lowest BCUT2D eigenvalue weighted by molar-refractivity contribution is 0.669. The summed E-state index contributed by atoms with van der Waals surface area (Å²) >= 11 is 1.85. The molecule has 0 atom stereocenters. The van der Waals surface area contributed by atoms with Crippen LogP contribution in [0.1, 0.15) is 0 Å². The van der Waals surface area contributed by atoms with Gasteiger partial charge in [0.1, 0.15) is 11.2 Å². The number of aromatic nitrogens is 3. The second-order valence-electron chi connectivity index (χ2n) is 12.4. The van der Waals surface area contributed by atoms with Crippen molar-refractivity contribution in [2.75, 3.05) is 0 Å². The topological polar surface area (TPSA) is 51.8 Å². The van der Waals surface area contributed by atoms with E-state index in [-0.39, 0.29) is 0 Å². The molecule has 10 rings (SSSR count). The van der Waals surface area contributed by atoms with Crippen LogP contribution in [0, 0.1) is 0 Å². The van der Waals surface area contributed by atoms with Crippen LogP contribution in [0.2, 0.25) is 0 Å². The van der Waals surface area contributed by atoms with Gasteiger partial charge in [0.15, 0.2) is 17.5 Å². The first-order valence-electron chi connectivity index (χ1n) is 16.6. The summed E-state index contributed by atoms with van der Waals surface area (Å²) in [6.07, 6.45) is 0. The van der Waals surface area contributed by atoms with E-state index in [2.05, 4.69) is 91.0 Å². The molecule has 5 heteroatoms. The van der Waals surface area contributed by atoms with Gasteiger partial charge in [-0.2, -0.15) is 0 Å². The number of benzene rings is 7. The van der Waals surface area contributed by atoms with Gasteiger partial charge in [-0.3, -0.25) is 0 Å². The van der Waals surface area contributed by atoms with Crippen molar-refractivity contribution in [3.8, 4) is 56.4 Å². The average molecular weight is 658 g/mol. The summed E-state index contributed by atoms with van der Waals surface area (Å²) in [6.45, 7) is 0. The predicted octanol–water partition coefficient (Wildman–Crippen LogP) is 12.5. The van der Waals surface area contributed by atoms with Gasteiger partial charge in [-0.25, -0.2) is 15.0 Å². The lowest BCUT2D eigenvalue weighted by Gasteiger charge is -2.09. The Morgan fingerprint density at radius 2 is 0.940 bits per heavy atom. The summed E-state index contributed by atoms with van der Waals surface area (Å²) in [5.74, 6) is 1.87. The molecule has 0 aliphatic heterocycles. The van der Waals surface area contributed by atoms with Crippen LogP contribution in [0.4, 0.5) is 0 Å². The van der Waals surface area contributed by atoms with Crippen LogP contribution < -0.4 is 0 Å². The van der Waals surface area contributed by atoms with Crippen molar-refractivity contribution in [3.63, 3.8) is 0 Å². The Morgan fingerprint density at radius 3 is 1.70 bits per heavy atom. The SMILES string of the molecule is c1ccc(-c2nc(-c3ccccc3)nc(-c3cccc4oc5ccc(-c6cccc(-c7ccc8c(c7)sc7ccccc78)c6)cc5c34)n2)cc1. The molecule has 7 aromatic carbocycles. The van der Waals surface area contributed by atoms with Gasteiger partial charge in [0.2, 0.25) is 0 Å². The molecule has 3 heterocycles. The zero-order chi connectivity index (χ0) is 33.0. The molecule has 0 saturated carbocycles. The summed E-state index contributed by atoms with van der Waals surface area (Å²) < 4.78 is 9.04. The Kier molecular flexibility index (Phi) is 6.64. The predicted molar refractivity (Wildman–Crippen MR) is 207 cm³/mol. The molecule has 0 spiro atoms. The van der Waals surface area contributed by atoms with E-state index in [0.29, 0.717) is 17.5 Å². The molecule has 0 bridgehead atoms. The van der Waals surface area contributed by atoms with Crippen LogP contribution >= 0.6 is 11.3 Å². The normalized spacial score (nSPS) is 11.6. The summed E-state index contributed by atoms with van der Waals surface area (Å²) in [6, 6.07) is 56.9. The quantitative estimate of drug-likeness (QED) is 0.185. The third-order valence-electron chi connectivity index (χ3n) is 9.34. The molecule has 234 valence electrons. The first-order chi connectivity index (χ1) is 24.7. The zero-order valence-corrected chi connectivity index (χ0v) is 27.6. The number of nitrogens with zero attached hydrogens (tertiary/aromatic N) is 3. The van der Waals surface area contributed by atoms with Gasteiger partial charge in [0, 0.05) is 47.6 Å². The van der Waals surface area contributed by atoms with Gasteiger partial charge in [0.25, 0.3) is 0 Å². The first kappa shape index (κ1) is 28.6. The van der Waals surface area contributed by atoms with Crippen molar-refractivity contribution in [1.82, 2.24) is 15.0 Å². The van der Waals surface area contributed by atoms with E-state index in [1.54, 1.807) is 0 Å². The second kappa shape index (κ2) is 11.6. The van der Waals surface area contributed by atoms with Crippen molar-refractivity contribution < 1.29 is 4.42 Å². The number of furan rings is 1. The maximum Gasteiger partial charge on any atom is 0.164 e. The van der Waals surface area contributed by atoms with E-state index >= 15 is 0 Å². The largest absolute Gasteiger partial charge is 0.456 e. The van der Waals surface area contributed by atoms with Gasteiger partial charge in [-0.05, 0) is 58.7 Å². The van der Waals surface area contributed by atoms with Crippen molar-refractivity contribution in [2.45, 2.75) is 0 Å². The Balaban J connectivity index is 1.11. The van der Waals surface area contributed by atoms with E-state index in [0.717, 1.165) is 49.8 Å². The molecular formula is C45H27N3OS. The number of hydrogen-bond donors (Lipinski definition) is 0. The van der Waals surface area contributed by atoms with Crippen molar-refractivity contribution >= 4 is 53.4 Å². The van der Waals surface area contributed by atoms with Crippen molar-refractivity contribution in [2.24, 2.45) is 0 Å². The number of rotatable bonds is 5. The van der Waals surface area contributed by atoms with Crippen LogP contribution in [0.3, 0.4) is 0 Å². The second-order valence-corrected chi connectivity index (χ2v) is 13.5. The van der Waals surface area contributed by atoms with Crippen molar-refractivity contribution in [3.05, 3.63) is 164 Å². The Bertz CT molecular complexity index is 2820. The molecule has 0 radical (unpaired) electrons. The third-order valence-corrected chi connectivity index (χ3v) is 10.5. The maximum absolute atomic E-state index is 6.42. The lowest BCUT2D eigenvalue weighted by atomic mass is 9.97. The Hall–Kier alpha value is -6.43. The highest BCUT2D eigenvalue weighted by Crippen LogP contribution is 2.40. The van der Waals surface area contributed by atoms with E-state index in [9.17, 15) is 0 Å². The fraction of sp³-hybridized carbons (Fsp3) is 0. The van der Waals surface area contributed by atoms with E-state index in [1.807, 2.05) is 84.1 Å². The van der Waals surface area contributed by atoms with Gasteiger partial charge < -0.3 is 4.42 Å². The van der Waals surface area contributed by atoms with Gasteiger partial charge in [-0.15, -0.1) is 11.3 Å². The highest BCUT2D eigenvalue weighted by molar-refractivity contribution is 7.25. The van der Waals surface area contributed by atoms with Gasteiger partial charge in [0.05, 0.1) is 0 Å². The average Bonchev–Trinajstić information content (AvgIpc) is 3.76. The summed E-state index contributed by atoms with van der Waals surface area (Å²) in [4.78, 5) is 15.0. The Morgan fingerprint density at radius 1 is 0.360 bits per heavy atom. The van der Waals surface area contributed by atoms with Crippen LogP contribution in [0.15, 0.2) is 168 Å². The molecule has 4 nitrogen and oxygen atoms in total. The molecule has 0 amide bonds. The van der Waals surface area contributed by atoms with E-state index < -0.39 is 0 Å². The highest BCUT2D eigenvalue weighted by atomic mass is 32.1. The molecule has 0 aliphatic carbocycles. The first-order valence-corrected chi connectivity index (χ1v) is 17.4. The molecule has 0 aliphatic rings. The van der Waals surface area contributed by atoms with Crippen LogP contribution in [0.25, 0.3) is 98.5 Å². The minimum atomic E-state index is 0.607. The van der Waals surface area contributed by atoms with Crippen LogP contribution in [-0.4, -0.2) is 15.0 Å². The third kappa shape index (κ3) is 4.87. The molecule has 50 heavy (non-hydrogen) atoms. The number of fused-ring (bicyclic) bond motifs is 6. The fourth-order valence-electron chi connectivity index (χ4n) is 6.91. The molecule has 3 aromatic heterocycles. The smallest absolute Gasteiger partial charge is 0.164 e. The fourth-order valence-corrected chi connectivity index (χ4v) is 8.05. The maximum atomic E-state index is 6.42. The lowest BCUT2D eigenvalue weighted by Crippen LogP contribution is -2.00. The summed E-state index contributed by atoms with van der Waals surface area (Å²) in [5.41, 5.74) is 9.05. The summed E-state index contributed by atoms with van der Waals surface area (Å²) in [5, 5.41) is 4.63. The van der Waals surface area contributed by atoms with E-state index in [4.69, 9.17) is 19.4 Å².